The summed E-state index contributed by atoms with van der Waals surface area (Å²) in [5.74, 6) is -1.86. The van der Waals surface area contributed by atoms with Crippen LogP contribution in [0.4, 0.5) is 20.2 Å². The minimum absolute atomic E-state index is 0.00430. The van der Waals surface area contributed by atoms with E-state index in [1.54, 1.807) is 23.1 Å². The van der Waals surface area contributed by atoms with E-state index in [1.807, 2.05) is 0 Å². The molecule has 10 heteroatoms. The Morgan fingerprint density at radius 3 is 2.31 bits per heavy atom. The van der Waals surface area contributed by atoms with Crippen molar-refractivity contribution in [3.8, 4) is 0 Å². The third-order valence-electron chi connectivity index (χ3n) is 4.17. The van der Waals surface area contributed by atoms with E-state index >= 15 is 0 Å². The summed E-state index contributed by atoms with van der Waals surface area (Å²) < 4.78 is 53.4. The molecule has 0 atom stereocenters. The normalized spacial score (nSPS) is 15.8. The second-order valence-electron chi connectivity index (χ2n) is 5.71. The van der Waals surface area contributed by atoms with Gasteiger partial charge in [-0.1, -0.05) is 12.1 Å². The molecule has 0 unspecified atom stereocenters. The topological polar surface area (TPSA) is 83.8 Å². The fraction of sp³-hybridized carbons (Fsp3) is 0.250. The molecule has 0 saturated carbocycles. The maximum Gasteiger partial charge on any atom is 0.292 e. The first-order valence-electron chi connectivity index (χ1n) is 7.74. The molecule has 0 radical (unpaired) electrons. The molecule has 1 aliphatic heterocycles. The van der Waals surface area contributed by atoms with E-state index in [4.69, 9.17) is 0 Å². The molecule has 26 heavy (non-hydrogen) atoms. The molecule has 7 nitrogen and oxygen atoms in total. The molecular weight excluding hydrogens is 368 g/mol. The lowest BCUT2D eigenvalue weighted by molar-refractivity contribution is -0.384. The molecule has 2 aromatic carbocycles. The maximum absolute atomic E-state index is 13.8. The Bertz CT molecular complexity index is 944. The van der Waals surface area contributed by atoms with E-state index in [2.05, 4.69) is 0 Å². The van der Waals surface area contributed by atoms with Crippen molar-refractivity contribution in [2.75, 3.05) is 31.1 Å². The molecule has 2 aromatic rings. The number of piperazine rings is 1. The van der Waals surface area contributed by atoms with Gasteiger partial charge in [0.25, 0.3) is 5.69 Å². The zero-order chi connectivity index (χ0) is 18.9. The Balaban J connectivity index is 1.81. The molecule has 1 aliphatic rings. The molecule has 0 amide bonds. The molecular formula is C16H15F2N3O4S. The van der Waals surface area contributed by atoms with Crippen LogP contribution in [0.2, 0.25) is 0 Å². The largest absolute Gasteiger partial charge is 0.363 e. The molecule has 0 spiro atoms. The Hall–Kier alpha value is -2.59. The number of nitro groups is 1. The standard InChI is InChI=1S/C16H15F2N3O4S/c17-12-5-6-13(18)16(11-12)26(24,25)20-9-7-19(8-10-20)14-3-1-2-4-15(14)21(22)23/h1-6,11H,7-10H2. The summed E-state index contributed by atoms with van der Waals surface area (Å²) in [7, 11) is -4.19. The first-order valence-corrected chi connectivity index (χ1v) is 9.18. The van der Waals surface area contributed by atoms with Crippen molar-refractivity contribution in [3.05, 3.63) is 64.2 Å². The predicted molar refractivity (Wildman–Crippen MR) is 90.4 cm³/mol. The van der Waals surface area contributed by atoms with E-state index < -0.39 is 31.5 Å². The molecule has 1 saturated heterocycles. The first-order chi connectivity index (χ1) is 12.3. The molecule has 1 heterocycles. The summed E-state index contributed by atoms with van der Waals surface area (Å²) in [6, 6.07) is 8.45. The number of halogens is 2. The second-order valence-corrected chi connectivity index (χ2v) is 7.62. The number of anilines is 1. The summed E-state index contributed by atoms with van der Waals surface area (Å²) in [6.07, 6.45) is 0. The third-order valence-corrected chi connectivity index (χ3v) is 6.08. The number of nitro benzene ring substituents is 1. The van der Waals surface area contributed by atoms with Crippen molar-refractivity contribution in [1.29, 1.82) is 0 Å². The van der Waals surface area contributed by atoms with Gasteiger partial charge in [-0.3, -0.25) is 10.1 Å². The van der Waals surface area contributed by atoms with Crippen molar-refractivity contribution in [3.63, 3.8) is 0 Å². The van der Waals surface area contributed by atoms with Gasteiger partial charge < -0.3 is 4.90 Å². The van der Waals surface area contributed by atoms with Crippen LogP contribution in [-0.2, 0) is 10.0 Å². The quantitative estimate of drug-likeness (QED) is 0.598. The van der Waals surface area contributed by atoms with Crippen LogP contribution in [0.25, 0.3) is 0 Å². The highest BCUT2D eigenvalue weighted by Crippen LogP contribution is 2.29. The van der Waals surface area contributed by atoms with Crippen LogP contribution in [0.1, 0.15) is 0 Å². The number of sulfonamides is 1. The lowest BCUT2D eigenvalue weighted by atomic mass is 10.2. The van der Waals surface area contributed by atoms with Gasteiger partial charge in [0.2, 0.25) is 10.0 Å². The van der Waals surface area contributed by atoms with Crippen LogP contribution < -0.4 is 4.90 Å². The molecule has 0 aliphatic carbocycles. The van der Waals surface area contributed by atoms with Crippen LogP contribution in [-0.4, -0.2) is 43.8 Å². The molecule has 0 bridgehead atoms. The number of hydrogen-bond donors (Lipinski definition) is 0. The third kappa shape index (κ3) is 3.37. The lowest BCUT2D eigenvalue weighted by Crippen LogP contribution is -2.49. The summed E-state index contributed by atoms with van der Waals surface area (Å²) in [6.45, 7) is 0.400. The van der Waals surface area contributed by atoms with E-state index in [-0.39, 0.29) is 31.9 Å². The first kappa shape index (κ1) is 18.2. The van der Waals surface area contributed by atoms with E-state index in [1.165, 1.54) is 6.07 Å². The monoisotopic (exact) mass is 383 g/mol. The van der Waals surface area contributed by atoms with Crippen molar-refractivity contribution < 1.29 is 22.1 Å². The molecule has 1 fully saturated rings. The number of benzene rings is 2. The van der Waals surface area contributed by atoms with Crippen LogP contribution in [0.3, 0.4) is 0 Å². The van der Waals surface area contributed by atoms with Gasteiger partial charge in [0.1, 0.15) is 22.2 Å². The van der Waals surface area contributed by atoms with Gasteiger partial charge in [-0.2, -0.15) is 4.31 Å². The fourth-order valence-electron chi connectivity index (χ4n) is 2.87. The smallest absolute Gasteiger partial charge is 0.292 e. The molecule has 3 rings (SSSR count). The summed E-state index contributed by atoms with van der Waals surface area (Å²) in [5, 5.41) is 11.1. The number of nitrogens with zero attached hydrogens (tertiary/aromatic N) is 3. The molecule has 0 N–H and O–H groups in total. The average Bonchev–Trinajstić information content (AvgIpc) is 2.63. The van der Waals surface area contributed by atoms with Crippen molar-refractivity contribution in [2.45, 2.75) is 4.90 Å². The van der Waals surface area contributed by atoms with Gasteiger partial charge in [-0.15, -0.1) is 0 Å². The summed E-state index contributed by atoms with van der Waals surface area (Å²) in [5.41, 5.74) is 0.325. The highest BCUT2D eigenvalue weighted by Gasteiger charge is 2.32. The van der Waals surface area contributed by atoms with Crippen molar-refractivity contribution in [2.24, 2.45) is 0 Å². The van der Waals surface area contributed by atoms with E-state index in [0.717, 1.165) is 16.4 Å². The van der Waals surface area contributed by atoms with Crippen LogP contribution in [0, 0.1) is 21.7 Å². The van der Waals surface area contributed by atoms with E-state index in [9.17, 15) is 27.3 Å². The predicted octanol–water partition coefficient (Wildman–Crippen LogP) is 2.38. The van der Waals surface area contributed by atoms with Crippen molar-refractivity contribution >= 4 is 21.4 Å². The minimum atomic E-state index is -4.19. The van der Waals surface area contributed by atoms with Gasteiger partial charge in [-0.05, 0) is 24.3 Å². The number of para-hydroxylation sites is 2. The summed E-state index contributed by atoms with van der Waals surface area (Å²) in [4.78, 5) is 11.6. The number of hydrogen-bond acceptors (Lipinski definition) is 5. The second kappa shape index (κ2) is 6.96. The van der Waals surface area contributed by atoms with Gasteiger partial charge in [0.15, 0.2) is 0 Å². The molecule has 0 aromatic heterocycles. The van der Waals surface area contributed by atoms with Crippen LogP contribution in [0.15, 0.2) is 47.4 Å². The highest BCUT2D eigenvalue weighted by atomic mass is 32.2. The maximum atomic E-state index is 13.8. The van der Waals surface area contributed by atoms with Gasteiger partial charge in [0.05, 0.1) is 4.92 Å². The highest BCUT2D eigenvalue weighted by molar-refractivity contribution is 7.89. The zero-order valence-electron chi connectivity index (χ0n) is 13.5. The SMILES string of the molecule is O=[N+]([O-])c1ccccc1N1CCN(S(=O)(=O)c2cc(F)ccc2F)CC1. The number of rotatable bonds is 4. The van der Waals surface area contributed by atoms with Crippen LogP contribution >= 0.6 is 0 Å². The lowest BCUT2D eigenvalue weighted by Gasteiger charge is -2.35. The summed E-state index contributed by atoms with van der Waals surface area (Å²) >= 11 is 0. The Labute approximate surface area is 148 Å². The average molecular weight is 383 g/mol. The van der Waals surface area contributed by atoms with Gasteiger partial charge >= 0.3 is 0 Å². The molecule has 138 valence electrons. The fourth-order valence-corrected chi connectivity index (χ4v) is 4.37. The zero-order valence-corrected chi connectivity index (χ0v) is 14.3. The van der Waals surface area contributed by atoms with Crippen molar-refractivity contribution in [1.82, 2.24) is 4.31 Å². The minimum Gasteiger partial charge on any atom is -0.363 e. The van der Waals surface area contributed by atoms with Gasteiger partial charge in [0, 0.05) is 32.2 Å². The Morgan fingerprint density at radius 1 is 1.00 bits per heavy atom. The van der Waals surface area contributed by atoms with E-state index in [0.29, 0.717) is 11.8 Å². The van der Waals surface area contributed by atoms with Crippen LogP contribution in [0.5, 0.6) is 0 Å². The van der Waals surface area contributed by atoms with Gasteiger partial charge in [-0.25, -0.2) is 17.2 Å². The Kier molecular flexibility index (Phi) is 4.88. The Morgan fingerprint density at radius 2 is 1.65 bits per heavy atom.